The predicted molar refractivity (Wildman–Crippen MR) is 251 cm³/mol. The van der Waals surface area contributed by atoms with E-state index in [2.05, 4.69) is 254 Å². The van der Waals surface area contributed by atoms with E-state index in [1.165, 1.54) is 72.0 Å². The van der Waals surface area contributed by atoms with Crippen molar-refractivity contribution in [3.8, 4) is 66.8 Å². The van der Waals surface area contributed by atoms with Crippen LogP contribution in [0.3, 0.4) is 0 Å². The molecule has 0 heterocycles. The molecule has 0 unspecified atom stereocenters. The van der Waals surface area contributed by atoms with Crippen molar-refractivity contribution in [2.75, 3.05) is 4.90 Å². The lowest BCUT2D eigenvalue weighted by atomic mass is 9.84. The summed E-state index contributed by atoms with van der Waals surface area (Å²) in [4.78, 5) is 2.41. The van der Waals surface area contributed by atoms with Crippen LogP contribution in [0, 0.1) is 0 Å². The summed E-state index contributed by atoms with van der Waals surface area (Å²) in [7, 11) is 0. The molecule has 0 aromatic heterocycles. The highest BCUT2D eigenvalue weighted by molar-refractivity contribution is 6.06. The second-order valence-electron chi connectivity index (χ2n) is 14.9. The monoisotopic (exact) mass is 751 g/mol. The van der Waals surface area contributed by atoms with E-state index in [0.29, 0.717) is 0 Å². The molecule has 0 radical (unpaired) electrons. The van der Waals surface area contributed by atoms with Gasteiger partial charge in [-0.15, -0.1) is 0 Å². The van der Waals surface area contributed by atoms with Gasteiger partial charge in [-0.25, -0.2) is 0 Å². The molecule has 278 valence electrons. The molecule has 0 saturated heterocycles. The summed E-state index contributed by atoms with van der Waals surface area (Å²) in [6.45, 7) is 0. The van der Waals surface area contributed by atoms with Crippen molar-refractivity contribution < 1.29 is 0 Å². The van der Waals surface area contributed by atoms with Gasteiger partial charge in [0.1, 0.15) is 0 Å². The number of anilines is 3. The molecule has 0 amide bonds. The van der Waals surface area contributed by atoms with Crippen LogP contribution in [0.1, 0.15) is 0 Å². The lowest BCUT2D eigenvalue weighted by Gasteiger charge is -2.28. The van der Waals surface area contributed by atoms with Crippen molar-refractivity contribution in [3.63, 3.8) is 0 Å². The Morgan fingerprint density at radius 1 is 0.220 bits per heavy atom. The molecule has 0 atom stereocenters. The van der Waals surface area contributed by atoms with Crippen LogP contribution in [-0.4, -0.2) is 0 Å². The first-order valence-electron chi connectivity index (χ1n) is 20.3. The zero-order valence-electron chi connectivity index (χ0n) is 32.6. The maximum Gasteiger partial charge on any atom is 0.0540 e. The Morgan fingerprint density at radius 2 is 0.576 bits per heavy atom. The van der Waals surface area contributed by atoms with Crippen molar-refractivity contribution >= 4 is 27.8 Å². The van der Waals surface area contributed by atoms with Gasteiger partial charge >= 0.3 is 0 Å². The highest BCUT2D eigenvalue weighted by Crippen LogP contribution is 2.46. The smallest absolute Gasteiger partial charge is 0.0540 e. The van der Waals surface area contributed by atoms with Gasteiger partial charge in [0, 0.05) is 16.8 Å². The van der Waals surface area contributed by atoms with Crippen LogP contribution in [0.2, 0.25) is 0 Å². The van der Waals surface area contributed by atoms with Gasteiger partial charge in [-0.1, -0.05) is 206 Å². The summed E-state index contributed by atoms with van der Waals surface area (Å²) < 4.78 is 0. The summed E-state index contributed by atoms with van der Waals surface area (Å²) in [5.74, 6) is 0. The molecule has 0 N–H and O–H groups in total. The summed E-state index contributed by atoms with van der Waals surface area (Å²) in [5, 5.41) is 2.41. The van der Waals surface area contributed by atoms with Gasteiger partial charge < -0.3 is 4.90 Å². The van der Waals surface area contributed by atoms with Crippen molar-refractivity contribution in [1.29, 1.82) is 0 Å². The average molecular weight is 752 g/mol. The second kappa shape index (κ2) is 16.0. The van der Waals surface area contributed by atoms with Crippen LogP contribution < -0.4 is 4.90 Å². The van der Waals surface area contributed by atoms with Gasteiger partial charge in [0.15, 0.2) is 0 Å². The third-order valence-electron chi connectivity index (χ3n) is 11.3. The number of nitrogens with zero attached hydrogens (tertiary/aromatic N) is 1. The number of rotatable bonds is 9. The molecule has 10 rings (SSSR count). The summed E-state index contributed by atoms with van der Waals surface area (Å²) in [6.07, 6.45) is 0. The van der Waals surface area contributed by atoms with Gasteiger partial charge in [0.25, 0.3) is 0 Å². The molecule has 59 heavy (non-hydrogen) atoms. The van der Waals surface area contributed by atoms with E-state index < -0.39 is 0 Å². The number of hydrogen-bond acceptors (Lipinski definition) is 1. The SMILES string of the molecule is c1ccc(-c2ccc(N(c3ccc(-c4c(-c5ccccc5)cc(-c5ccccc5)cc4-c4ccccc4)cc3)c3ccc(-c4ccccc4)c4ccccc34)cc2)cc1. The highest BCUT2D eigenvalue weighted by Gasteiger charge is 2.20. The van der Waals surface area contributed by atoms with E-state index in [9.17, 15) is 0 Å². The first-order valence-corrected chi connectivity index (χ1v) is 20.3. The minimum Gasteiger partial charge on any atom is -0.310 e. The van der Waals surface area contributed by atoms with Crippen molar-refractivity contribution in [1.82, 2.24) is 0 Å². The molecule has 10 aromatic carbocycles. The first-order chi connectivity index (χ1) is 29.3. The Morgan fingerprint density at radius 3 is 1.05 bits per heavy atom. The highest BCUT2D eigenvalue weighted by atomic mass is 15.1. The molecule has 1 nitrogen and oxygen atoms in total. The molecular formula is C58H41N. The van der Waals surface area contributed by atoms with Gasteiger partial charge in [-0.05, 0) is 115 Å². The summed E-state index contributed by atoms with van der Waals surface area (Å²) in [6, 6.07) is 89.8. The summed E-state index contributed by atoms with van der Waals surface area (Å²) >= 11 is 0. The predicted octanol–water partition coefficient (Wildman–Crippen LogP) is 16.3. The quantitative estimate of drug-likeness (QED) is 0.142. The maximum atomic E-state index is 2.41. The fourth-order valence-corrected chi connectivity index (χ4v) is 8.43. The normalized spacial score (nSPS) is 11.1. The van der Waals surface area contributed by atoms with E-state index in [1.54, 1.807) is 0 Å². The lowest BCUT2D eigenvalue weighted by molar-refractivity contribution is 1.30. The van der Waals surface area contributed by atoms with E-state index >= 15 is 0 Å². The molecule has 0 fully saturated rings. The Bertz CT molecular complexity index is 2920. The number of fused-ring (bicyclic) bond motifs is 1. The maximum absolute atomic E-state index is 2.41. The number of benzene rings is 10. The Hall–Kier alpha value is -7.74. The van der Waals surface area contributed by atoms with Crippen LogP contribution >= 0.6 is 0 Å². The Labute approximate surface area is 346 Å². The van der Waals surface area contributed by atoms with Crippen molar-refractivity contribution in [2.24, 2.45) is 0 Å². The van der Waals surface area contributed by atoms with Crippen LogP contribution in [0.5, 0.6) is 0 Å². The molecule has 10 aromatic rings. The third-order valence-corrected chi connectivity index (χ3v) is 11.3. The molecule has 0 bridgehead atoms. The molecule has 0 aliphatic carbocycles. The minimum atomic E-state index is 1.09. The van der Waals surface area contributed by atoms with Gasteiger partial charge in [-0.3, -0.25) is 0 Å². The molecule has 1 heteroatoms. The zero-order valence-corrected chi connectivity index (χ0v) is 32.6. The first kappa shape index (κ1) is 35.7. The molecular weight excluding hydrogens is 711 g/mol. The largest absolute Gasteiger partial charge is 0.310 e. The van der Waals surface area contributed by atoms with Crippen LogP contribution in [0.4, 0.5) is 17.1 Å². The van der Waals surface area contributed by atoms with E-state index in [0.717, 1.165) is 22.6 Å². The molecule has 0 saturated carbocycles. The van der Waals surface area contributed by atoms with Gasteiger partial charge in [0.05, 0.1) is 5.69 Å². The topological polar surface area (TPSA) is 3.24 Å². The molecule has 0 aliphatic heterocycles. The van der Waals surface area contributed by atoms with Gasteiger partial charge in [0.2, 0.25) is 0 Å². The van der Waals surface area contributed by atoms with Gasteiger partial charge in [-0.2, -0.15) is 0 Å². The lowest BCUT2D eigenvalue weighted by Crippen LogP contribution is -2.10. The van der Waals surface area contributed by atoms with E-state index in [4.69, 9.17) is 0 Å². The Kier molecular flexibility index (Phi) is 9.68. The fourth-order valence-electron chi connectivity index (χ4n) is 8.43. The van der Waals surface area contributed by atoms with Crippen LogP contribution in [0.15, 0.2) is 249 Å². The van der Waals surface area contributed by atoms with Crippen molar-refractivity contribution in [3.05, 3.63) is 249 Å². The van der Waals surface area contributed by atoms with E-state index in [1.807, 2.05) is 0 Å². The number of hydrogen-bond donors (Lipinski definition) is 0. The fraction of sp³-hybridized carbons (Fsp3) is 0. The second-order valence-corrected chi connectivity index (χ2v) is 14.9. The standard InChI is InChI=1S/C58H41N/c1-6-18-42(19-7-1)44-30-34-50(35-31-44)59(57-39-38-52(45-22-10-3-11-23-45)53-28-16-17-29-54(53)57)51-36-32-48(33-37-51)58-55(46-24-12-4-13-25-46)40-49(43-20-8-2-9-21-43)41-56(58)47-26-14-5-15-27-47/h1-41H. The zero-order chi connectivity index (χ0) is 39.4. The summed E-state index contributed by atoms with van der Waals surface area (Å²) in [5.41, 5.74) is 17.7. The minimum absolute atomic E-state index is 1.09. The Balaban J connectivity index is 1.16. The third kappa shape index (κ3) is 7.12. The molecule has 0 aliphatic rings. The van der Waals surface area contributed by atoms with Crippen molar-refractivity contribution in [2.45, 2.75) is 0 Å². The average Bonchev–Trinajstić information content (AvgIpc) is 3.33. The molecule has 0 spiro atoms. The van der Waals surface area contributed by atoms with Crippen LogP contribution in [0.25, 0.3) is 77.5 Å². The van der Waals surface area contributed by atoms with Crippen LogP contribution in [-0.2, 0) is 0 Å². The van der Waals surface area contributed by atoms with E-state index in [-0.39, 0.29) is 0 Å².